The Labute approximate surface area is 278 Å². The minimum absolute atomic E-state index is 0.148. The topological polar surface area (TPSA) is 59.1 Å². The highest BCUT2D eigenvalue weighted by Gasteiger charge is 2.43. The number of nitrogens with zero attached hydrogens (tertiary/aromatic N) is 2. The summed E-state index contributed by atoms with van der Waals surface area (Å²) in [4.78, 5) is 30.8. The van der Waals surface area contributed by atoms with Crippen molar-refractivity contribution in [3.63, 3.8) is 0 Å². The van der Waals surface area contributed by atoms with Crippen molar-refractivity contribution < 1.29 is 19.1 Å². The molecule has 230 valence electrons. The van der Waals surface area contributed by atoms with Crippen LogP contribution in [0.1, 0.15) is 11.1 Å². The number of benzene rings is 6. The van der Waals surface area contributed by atoms with Crippen LogP contribution in [0, 0.1) is 0 Å². The van der Waals surface area contributed by atoms with E-state index in [1.807, 2.05) is 170 Å². The number of rotatable bonds is 8. The molecule has 8 rings (SSSR count). The van der Waals surface area contributed by atoms with Crippen molar-refractivity contribution in [1.82, 2.24) is 0 Å². The van der Waals surface area contributed by atoms with Gasteiger partial charge in [0.15, 0.2) is 11.5 Å². The molecule has 2 heterocycles. The molecule has 0 spiro atoms. The van der Waals surface area contributed by atoms with Crippen LogP contribution >= 0.6 is 0 Å². The highest BCUT2D eigenvalue weighted by molar-refractivity contribution is 6.29. The number of anilines is 6. The number of fused-ring (bicyclic) bond motifs is 1. The van der Waals surface area contributed by atoms with Crippen LogP contribution in [0.2, 0.25) is 0 Å². The van der Waals surface area contributed by atoms with Crippen molar-refractivity contribution in [3.8, 4) is 0 Å². The highest BCUT2D eigenvalue weighted by atomic mass is 16.6. The fraction of sp³-hybridized carbons (Fsp3) is 0. The number of carbonyl (C=O) groups is 2. The molecule has 0 radical (unpaired) electrons. The molecule has 6 aromatic carbocycles. The molecule has 0 saturated carbocycles. The Morgan fingerprint density at radius 3 is 0.833 bits per heavy atom. The van der Waals surface area contributed by atoms with Crippen LogP contribution in [-0.2, 0) is 19.1 Å². The third-order valence-electron chi connectivity index (χ3n) is 8.34. The number of carbonyl (C=O) groups excluding carboxylic acids is 2. The van der Waals surface area contributed by atoms with E-state index in [0.717, 1.165) is 34.1 Å². The quantitative estimate of drug-likeness (QED) is 0.157. The molecule has 2 aliphatic heterocycles. The molecule has 6 aromatic rings. The van der Waals surface area contributed by atoms with Crippen LogP contribution in [0.5, 0.6) is 0 Å². The molecular formula is C42H28N2O4. The molecule has 0 aliphatic carbocycles. The van der Waals surface area contributed by atoms with Crippen LogP contribution in [0.4, 0.5) is 34.1 Å². The van der Waals surface area contributed by atoms with E-state index >= 15 is 0 Å². The molecule has 0 atom stereocenters. The van der Waals surface area contributed by atoms with Gasteiger partial charge in [-0.1, -0.05) is 97.1 Å². The van der Waals surface area contributed by atoms with Crippen molar-refractivity contribution in [3.05, 3.63) is 193 Å². The largest absolute Gasteiger partial charge is 0.418 e. The first-order valence-corrected chi connectivity index (χ1v) is 15.6. The zero-order valence-corrected chi connectivity index (χ0v) is 25.7. The lowest BCUT2D eigenvalue weighted by Crippen LogP contribution is -2.10. The Balaban J connectivity index is 1.13. The van der Waals surface area contributed by atoms with E-state index in [0.29, 0.717) is 11.1 Å². The molecule has 0 saturated heterocycles. The second kappa shape index (κ2) is 12.3. The van der Waals surface area contributed by atoms with E-state index in [-0.39, 0.29) is 22.7 Å². The van der Waals surface area contributed by atoms with Gasteiger partial charge in [0.2, 0.25) is 0 Å². The lowest BCUT2D eigenvalue weighted by molar-refractivity contribution is -0.131. The maximum absolute atomic E-state index is 13.3. The van der Waals surface area contributed by atoms with Crippen molar-refractivity contribution in [2.24, 2.45) is 0 Å². The number of hydrogen-bond donors (Lipinski definition) is 0. The Morgan fingerprint density at radius 1 is 0.312 bits per heavy atom. The van der Waals surface area contributed by atoms with Crippen molar-refractivity contribution in [2.45, 2.75) is 0 Å². The van der Waals surface area contributed by atoms with Gasteiger partial charge in [0, 0.05) is 34.1 Å². The van der Waals surface area contributed by atoms with Gasteiger partial charge in [0.05, 0.1) is 0 Å². The smallest absolute Gasteiger partial charge is 0.348 e. The van der Waals surface area contributed by atoms with Crippen molar-refractivity contribution >= 4 is 57.2 Å². The highest BCUT2D eigenvalue weighted by Crippen LogP contribution is 2.45. The molecule has 0 unspecified atom stereocenters. The van der Waals surface area contributed by atoms with Gasteiger partial charge >= 0.3 is 11.9 Å². The van der Waals surface area contributed by atoms with Gasteiger partial charge in [0.1, 0.15) is 11.1 Å². The molecular weight excluding hydrogens is 596 g/mol. The number of ether oxygens (including phenoxy) is 2. The summed E-state index contributed by atoms with van der Waals surface area (Å²) in [6.45, 7) is 0. The first-order chi connectivity index (χ1) is 23.7. The fourth-order valence-electron chi connectivity index (χ4n) is 6.15. The van der Waals surface area contributed by atoms with Gasteiger partial charge in [-0.3, -0.25) is 0 Å². The van der Waals surface area contributed by atoms with E-state index in [9.17, 15) is 9.59 Å². The van der Waals surface area contributed by atoms with E-state index < -0.39 is 11.9 Å². The predicted octanol–water partition coefficient (Wildman–Crippen LogP) is 9.86. The maximum atomic E-state index is 13.3. The molecule has 0 N–H and O–H groups in total. The normalized spacial score (nSPS) is 13.7. The Hall–Kier alpha value is -6.66. The van der Waals surface area contributed by atoms with Crippen molar-refractivity contribution in [2.75, 3.05) is 9.80 Å². The molecule has 0 fully saturated rings. The summed E-state index contributed by atoms with van der Waals surface area (Å²) in [7, 11) is 0. The molecule has 48 heavy (non-hydrogen) atoms. The Bertz CT molecular complexity index is 1940. The van der Waals surface area contributed by atoms with Crippen LogP contribution < -0.4 is 9.80 Å². The van der Waals surface area contributed by atoms with E-state index in [4.69, 9.17) is 9.47 Å². The summed E-state index contributed by atoms with van der Waals surface area (Å²) in [5.41, 5.74) is 7.46. The zero-order chi connectivity index (χ0) is 32.5. The SMILES string of the molecule is O=C1OC2=C(c3ccc(N(c4ccccc4)c4ccccc4)cc3)C(=O)OC2=C1c1ccc(N(c2ccccc2)c2ccccc2)cc1. The summed E-state index contributed by atoms with van der Waals surface area (Å²) < 4.78 is 11.4. The average molecular weight is 625 g/mol. The molecule has 0 amide bonds. The average Bonchev–Trinajstić information content (AvgIpc) is 3.62. The van der Waals surface area contributed by atoms with Crippen LogP contribution in [0.15, 0.2) is 181 Å². The summed E-state index contributed by atoms with van der Waals surface area (Å²) in [6.07, 6.45) is 0. The van der Waals surface area contributed by atoms with E-state index in [1.54, 1.807) is 0 Å². The maximum Gasteiger partial charge on any atom is 0.348 e. The summed E-state index contributed by atoms with van der Waals surface area (Å²) in [6, 6.07) is 55.4. The van der Waals surface area contributed by atoms with Gasteiger partial charge in [-0.05, 0) is 83.9 Å². The summed E-state index contributed by atoms with van der Waals surface area (Å²) >= 11 is 0. The Morgan fingerprint density at radius 2 is 0.562 bits per heavy atom. The van der Waals surface area contributed by atoms with Gasteiger partial charge in [0.25, 0.3) is 0 Å². The summed E-state index contributed by atoms with van der Waals surface area (Å²) in [5, 5.41) is 0. The second-order valence-electron chi connectivity index (χ2n) is 11.3. The van der Waals surface area contributed by atoms with E-state index in [2.05, 4.69) is 9.80 Å². The third kappa shape index (κ3) is 5.21. The first kappa shape index (κ1) is 28.8. The summed E-state index contributed by atoms with van der Waals surface area (Å²) in [5.74, 6) is -0.821. The van der Waals surface area contributed by atoms with Crippen LogP contribution in [0.3, 0.4) is 0 Å². The van der Waals surface area contributed by atoms with Crippen molar-refractivity contribution in [1.29, 1.82) is 0 Å². The van der Waals surface area contributed by atoms with Gasteiger partial charge in [-0.25, -0.2) is 9.59 Å². The number of para-hydroxylation sites is 4. The third-order valence-corrected chi connectivity index (χ3v) is 8.34. The van der Waals surface area contributed by atoms with Crippen LogP contribution in [0.25, 0.3) is 11.1 Å². The first-order valence-electron chi connectivity index (χ1n) is 15.6. The fourth-order valence-corrected chi connectivity index (χ4v) is 6.15. The Kier molecular flexibility index (Phi) is 7.36. The number of hydrogen-bond acceptors (Lipinski definition) is 6. The minimum Gasteiger partial charge on any atom is -0.418 e. The predicted molar refractivity (Wildman–Crippen MR) is 188 cm³/mol. The molecule has 0 aromatic heterocycles. The monoisotopic (exact) mass is 624 g/mol. The minimum atomic E-state index is -0.559. The molecule has 6 heteroatoms. The van der Waals surface area contributed by atoms with Gasteiger partial charge in [-0.2, -0.15) is 0 Å². The number of esters is 2. The lowest BCUT2D eigenvalue weighted by atomic mass is 10.0. The molecule has 0 bridgehead atoms. The van der Waals surface area contributed by atoms with Gasteiger partial charge < -0.3 is 19.3 Å². The second-order valence-corrected chi connectivity index (χ2v) is 11.3. The molecule has 2 aliphatic rings. The van der Waals surface area contributed by atoms with Crippen LogP contribution in [-0.4, -0.2) is 11.9 Å². The van der Waals surface area contributed by atoms with Gasteiger partial charge in [-0.15, -0.1) is 0 Å². The zero-order valence-electron chi connectivity index (χ0n) is 25.7. The van der Waals surface area contributed by atoms with E-state index in [1.165, 1.54) is 0 Å². The molecule has 6 nitrogen and oxygen atoms in total. The lowest BCUT2D eigenvalue weighted by Gasteiger charge is -2.25. The standard InChI is InChI=1S/C42H28N2O4/c45-41-37(29-21-25-35(26-22-29)43(31-13-5-1-6-14-31)32-15-7-2-8-16-32)39-40(48-41)38(42(46)47-39)30-23-27-36(28-24-30)44(33-17-9-3-10-18-33)34-19-11-4-12-20-34/h1-28H.